The van der Waals surface area contributed by atoms with Crippen LogP contribution in [0.1, 0.15) is 71.3 Å². The van der Waals surface area contributed by atoms with E-state index in [9.17, 15) is 19.1 Å². The van der Waals surface area contributed by atoms with Crippen molar-refractivity contribution in [3.63, 3.8) is 0 Å². The van der Waals surface area contributed by atoms with Gasteiger partial charge in [0, 0.05) is 38.3 Å². The first-order valence-corrected chi connectivity index (χ1v) is 15.6. The van der Waals surface area contributed by atoms with E-state index in [2.05, 4.69) is 31.0 Å². The molecule has 3 unspecified atom stereocenters. The second-order valence-electron chi connectivity index (χ2n) is 12.1. The Morgan fingerprint density at radius 2 is 1.64 bits per heavy atom. The summed E-state index contributed by atoms with van der Waals surface area (Å²) in [5.74, 6) is -0.115. The molecular formula is C34H50FN3O4. The third-order valence-electron chi connectivity index (χ3n) is 8.14. The van der Waals surface area contributed by atoms with Crippen LogP contribution >= 0.6 is 0 Å². The summed E-state index contributed by atoms with van der Waals surface area (Å²) in [4.78, 5) is 28.8. The van der Waals surface area contributed by atoms with Gasteiger partial charge >= 0.3 is 12.1 Å². The molecule has 8 heteroatoms. The number of halogens is 1. The van der Waals surface area contributed by atoms with Crippen LogP contribution in [0.15, 0.2) is 60.7 Å². The fraction of sp³-hybridized carbons (Fsp3) is 0.588. The number of amides is 1. The van der Waals surface area contributed by atoms with E-state index < -0.39 is 12.0 Å². The highest BCUT2D eigenvalue weighted by Crippen LogP contribution is 2.29. The van der Waals surface area contributed by atoms with Crippen LogP contribution in [0.5, 0.6) is 0 Å². The summed E-state index contributed by atoms with van der Waals surface area (Å²) in [5, 5.41) is 12.9. The number of piperidine rings is 1. The molecule has 0 bridgehead atoms. The van der Waals surface area contributed by atoms with E-state index in [0.717, 1.165) is 63.7 Å². The molecule has 1 aliphatic carbocycles. The van der Waals surface area contributed by atoms with Crippen LogP contribution in [0.3, 0.4) is 0 Å². The van der Waals surface area contributed by atoms with E-state index >= 15 is 0 Å². The molecule has 2 aliphatic rings. The minimum atomic E-state index is -0.748. The van der Waals surface area contributed by atoms with E-state index in [0.29, 0.717) is 24.8 Å². The summed E-state index contributed by atoms with van der Waals surface area (Å²) >= 11 is 0. The van der Waals surface area contributed by atoms with Gasteiger partial charge in [0.1, 0.15) is 18.5 Å². The minimum absolute atomic E-state index is 0.148. The number of carboxylic acid groups (broad SMARTS) is 1. The molecule has 0 spiro atoms. The second-order valence-corrected chi connectivity index (χ2v) is 12.1. The summed E-state index contributed by atoms with van der Waals surface area (Å²) in [6, 6.07) is 18.0. The van der Waals surface area contributed by atoms with Crippen molar-refractivity contribution < 1.29 is 23.8 Å². The van der Waals surface area contributed by atoms with Gasteiger partial charge in [-0.05, 0) is 74.5 Å². The van der Waals surface area contributed by atoms with Crippen LogP contribution in [-0.4, -0.2) is 71.3 Å². The number of nitrogens with zero attached hydrogens (tertiary/aromatic N) is 2. The molecule has 1 saturated heterocycles. The number of aliphatic carboxylic acids is 1. The highest BCUT2D eigenvalue weighted by molar-refractivity contribution is 5.73. The zero-order valence-electron chi connectivity index (χ0n) is 25.6. The molecule has 3 atom stereocenters. The van der Waals surface area contributed by atoms with Gasteiger partial charge in [-0.1, -0.05) is 69.3 Å². The number of nitrogens with one attached hydrogen (secondary N) is 1. The summed E-state index contributed by atoms with van der Waals surface area (Å²) in [5.41, 5.74) is 0.777. The zero-order valence-corrected chi connectivity index (χ0v) is 25.6. The van der Waals surface area contributed by atoms with Gasteiger partial charge in [-0.15, -0.1) is 0 Å². The summed E-state index contributed by atoms with van der Waals surface area (Å²) in [6.45, 7) is 9.95. The smallest absolute Gasteiger partial charge is 0.410 e. The third kappa shape index (κ3) is 11.7. The van der Waals surface area contributed by atoms with Crippen molar-refractivity contribution in [3.8, 4) is 0 Å². The fourth-order valence-electron chi connectivity index (χ4n) is 6.02. The molecule has 2 aromatic carbocycles. The molecule has 7 nitrogen and oxygen atoms in total. The average molecular weight is 584 g/mol. The molecule has 232 valence electrons. The Bertz CT molecular complexity index is 1020. The maximum atomic E-state index is 13.1. The predicted octanol–water partition coefficient (Wildman–Crippen LogP) is 6.58. The molecule has 2 fully saturated rings. The lowest BCUT2D eigenvalue weighted by Gasteiger charge is -2.38. The van der Waals surface area contributed by atoms with E-state index in [1.807, 2.05) is 41.3 Å². The maximum Gasteiger partial charge on any atom is 0.410 e. The number of likely N-dealkylation sites (tertiary alicyclic amines) is 1. The Balaban J connectivity index is 0.000000715. The van der Waals surface area contributed by atoms with Crippen molar-refractivity contribution in [2.75, 3.05) is 26.2 Å². The number of benzene rings is 2. The van der Waals surface area contributed by atoms with E-state index in [-0.39, 0.29) is 30.6 Å². The van der Waals surface area contributed by atoms with Crippen LogP contribution in [0.2, 0.25) is 0 Å². The van der Waals surface area contributed by atoms with Crippen LogP contribution in [0.25, 0.3) is 0 Å². The molecule has 0 aromatic heterocycles. The van der Waals surface area contributed by atoms with Crippen molar-refractivity contribution in [1.82, 2.24) is 15.1 Å². The molecule has 42 heavy (non-hydrogen) atoms. The number of carboxylic acids is 1. The van der Waals surface area contributed by atoms with Gasteiger partial charge in [0.15, 0.2) is 0 Å². The van der Waals surface area contributed by atoms with Crippen LogP contribution in [0, 0.1) is 17.7 Å². The van der Waals surface area contributed by atoms with Crippen LogP contribution < -0.4 is 5.32 Å². The first-order valence-electron chi connectivity index (χ1n) is 15.6. The second kappa shape index (κ2) is 17.9. The molecule has 1 amide bonds. The Labute approximate surface area is 251 Å². The third-order valence-corrected chi connectivity index (χ3v) is 8.14. The van der Waals surface area contributed by atoms with Gasteiger partial charge in [-0.25, -0.2) is 9.18 Å². The average Bonchev–Trinajstić information content (AvgIpc) is 3.43. The highest BCUT2D eigenvalue weighted by Gasteiger charge is 2.33. The Morgan fingerprint density at radius 3 is 2.19 bits per heavy atom. The van der Waals surface area contributed by atoms with Crippen LogP contribution in [0.4, 0.5) is 9.18 Å². The molecule has 2 aromatic rings. The zero-order chi connectivity index (χ0) is 30.3. The molecule has 1 aliphatic heterocycles. The lowest BCUT2D eigenvalue weighted by Crippen LogP contribution is -2.48. The van der Waals surface area contributed by atoms with Crippen molar-refractivity contribution in [2.45, 2.75) is 90.4 Å². The van der Waals surface area contributed by atoms with E-state index in [1.54, 1.807) is 12.1 Å². The van der Waals surface area contributed by atoms with Gasteiger partial charge < -0.3 is 25.0 Å². The van der Waals surface area contributed by atoms with E-state index in [1.165, 1.54) is 12.1 Å². The first-order chi connectivity index (χ1) is 20.2. The fourth-order valence-corrected chi connectivity index (χ4v) is 6.02. The van der Waals surface area contributed by atoms with Crippen LogP contribution in [-0.2, 0) is 16.1 Å². The standard InChI is InChI=1S/C28H44FN3O4.C6H6/c1-4-13-32(28(35)36-19-21-5-8-23(29)9-6-21)25-11-14-31(15-12-25)18-22-7-10-24(17-22)30-26(27(33)34)16-20(2)3;1-2-4-6-5-3-1/h5-6,8-9,20,22,24-26,30H,4,7,10-19H2,1-3H3,(H,33,34);1-6H. The van der Waals surface area contributed by atoms with Gasteiger partial charge in [-0.2, -0.15) is 0 Å². The van der Waals surface area contributed by atoms with Gasteiger partial charge in [-0.3, -0.25) is 4.79 Å². The quantitative estimate of drug-likeness (QED) is 0.294. The van der Waals surface area contributed by atoms with Gasteiger partial charge in [0.05, 0.1) is 0 Å². The predicted molar refractivity (Wildman–Crippen MR) is 165 cm³/mol. The van der Waals surface area contributed by atoms with Gasteiger partial charge in [0.2, 0.25) is 0 Å². The number of rotatable bonds is 12. The number of carbonyl (C=O) groups excluding carboxylic acids is 1. The largest absolute Gasteiger partial charge is 0.480 e. The SMILES string of the molecule is CCCN(C(=O)OCc1ccc(F)cc1)C1CCN(CC2CCC(NC(CC(C)C)C(=O)O)C2)CC1.c1ccccc1. The van der Waals surface area contributed by atoms with Gasteiger partial charge in [0.25, 0.3) is 0 Å². The van der Waals surface area contributed by atoms with Crippen molar-refractivity contribution >= 4 is 12.1 Å². The molecule has 2 N–H and O–H groups in total. The Hall–Kier alpha value is -2.97. The summed E-state index contributed by atoms with van der Waals surface area (Å²) in [6.07, 6.45) is 6.28. The Kier molecular flexibility index (Phi) is 14.3. The number of hydrogen-bond acceptors (Lipinski definition) is 5. The summed E-state index contributed by atoms with van der Waals surface area (Å²) < 4.78 is 18.7. The van der Waals surface area contributed by atoms with E-state index in [4.69, 9.17) is 4.74 Å². The number of ether oxygens (including phenoxy) is 1. The Morgan fingerprint density at radius 1 is 1.02 bits per heavy atom. The first kappa shape index (κ1) is 33.5. The normalized spacial score (nSPS) is 20.0. The molecule has 1 saturated carbocycles. The molecule has 0 radical (unpaired) electrons. The van der Waals surface area contributed by atoms with Crippen molar-refractivity contribution in [1.29, 1.82) is 0 Å². The minimum Gasteiger partial charge on any atom is -0.480 e. The highest BCUT2D eigenvalue weighted by atomic mass is 19.1. The topological polar surface area (TPSA) is 82.1 Å². The lowest BCUT2D eigenvalue weighted by atomic mass is 10.00. The number of carbonyl (C=O) groups is 2. The maximum absolute atomic E-state index is 13.1. The summed E-state index contributed by atoms with van der Waals surface area (Å²) in [7, 11) is 0. The number of hydrogen-bond donors (Lipinski definition) is 2. The molecule has 1 heterocycles. The van der Waals surface area contributed by atoms with Crippen molar-refractivity contribution in [2.24, 2.45) is 11.8 Å². The molecule has 4 rings (SSSR count). The molecular weight excluding hydrogens is 533 g/mol. The monoisotopic (exact) mass is 583 g/mol. The lowest BCUT2D eigenvalue weighted by molar-refractivity contribution is -0.140. The van der Waals surface area contributed by atoms with Crippen molar-refractivity contribution in [3.05, 3.63) is 72.0 Å².